The number of unbranched alkanes of at least 4 members (excludes halogenated alkanes) is 16. The molecule has 0 saturated carbocycles. The van der Waals surface area contributed by atoms with Crippen LogP contribution in [0.1, 0.15) is 194 Å². The van der Waals surface area contributed by atoms with Gasteiger partial charge in [-0.25, -0.2) is 4.57 Å². The first-order chi connectivity index (χ1) is 30.8. The van der Waals surface area contributed by atoms with E-state index in [9.17, 15) is 19.0 Å². The molecule has 0 aliphatic heterocycles. The summed E-state index contributed by atoms with van der Waals surface area (Å²) in [5.74, 6) is -0.907. The Morgan fingerprint density at radius 1 is 0.492 bits per heavy atom. The Bertz CT molecular complexity index is 1350. The zero-order valence-electron chi connectivity index (χ0n) is 39.8. The van der Waals surface area contributed by atoms with Crippen LogP contribution in [0, 0.1) is 0 Å². The molecule has 0 radical (unpaired) electrons. The number of allylic oxidation sites excluding steroid dienone is 16. The predicted octanol–water partition coefficient (Wildman–Crippen LogP) is 14.9. The second kappa shape index (κ2) is 48.4. The minimum atomic E-state index is -4.40. The summed E-state index contributed by atoms with van der Waals surface area (Å²) in [6.07, 6.45) is 63.1. The van der Waals surface area contributed by atoms with Gasteiger partial charge in [0.05, 0.1) is 13.2 Å². The van der Waals surface area contributed by atoms with Crippen LogP contribution >= 0.6 is 7.82 Å². The Morgan fingerprint density at radius 2 is 0.889 bits per heavy atom. The first-order valence-corrected chi connectivity index (χ1v) is 26.2. The molecule has 0 fully saturated rings. The predicted molar refractivity (Wildman–Crippen MR) is 265 cm³/mol. The highest BCUT2D eigenvalue weighted by atomic mass is 31.2. The third-order valence-corrected chi connectivity index (χ3v) is 10.9. The molecule has 0 spiro atoms. The van der Waals surface area contributed by atoms with Gasteiger partial charge in [0, 0.05) is 19.4 Å². The van der Waals surface area contributed by atoms with Crippen LogP contribution in [0.25, 0.3) is 0 Å². The lowest BCUT2D eigenvalue weighted by atomic mass is 10.1. The summed E-state index contributed by atoms with van der Waals surface area (Å²) in [6.45, 7) is 3.53. The molecular weight excluding hydrogens is 810 g/mol. The van der Waals surface area contributed by atoms with E-state index in [2.05, 4.69) is 105 Å². The standard InChI is InChI=1S/C53H90NO8P/c1-3-5-7-9-11-13-15-17-19-21-22-23-24-25-26-27-28-30-31-33-35-37-39-41-43-45-52(55)59-49-51(50-61-63(57,58)60-48-47-54)62-53(56)46-44-42-40-38-36-34-32-29-20-18-16-14-12-10-8-6-4-2/h6,8,12,14-15,17-18,20-22,24-25,32,34,38,40,51H,3-5,7,9-11,13,16,19,23,26-31,33,35-37,39,41-50,54H2,1-2H3,(H,57,58)/b8-6-,14-12-,17-15-,20-18-,22-21-,25-24-,34-32-,40-38-. The van der Waals surface area contributed by atoms with Gasteiger partial charge in [0.1, 0.15) is 6.61 Å². The zero-order chi connectivity index (χ0) is 46.0. The largest absolute Gasteiger partial charge is 0.472 e. The van der Waals surface area contributed by atoms with E-state index >= 15 is 0 Å². The maximum Gasteiger partial charge on any atom is 0.472 e. The molecule has 0 aromatic heterocycles. The quantitative estimate of drug-likeness (QED) is 0.0265. The summed E-state index contributed by atoms with van der Waals surface area (Å²) >= 11 is 0. The van der Waals surface area contributed by atoms with Gasteiger partial charge in [-0.15, -0.1) is 0 Å². The van der Waals surface area contributed by atoms with E-state index in [0.29, 0.717) is 19.3 Å². The number of phosphoric ester groups is 1. The van der Waals surface area contributed by atoms with E-state index in [1.54, 1.807) is 0 Å². The smallest absolute Gasteiger partial charge is 0.462 e. The molecule has 9 nitrogen and oxygen atoms in total. The summed E-state index contributed by atoms with van der Waals surface area (Å²) in [7, 11) is -4.40. The first-order valence-electron chi connectivity index (χ1n) is 24.7. The molecule has 0 bridgehead atoms. The molecule has 0 heterocycles. The maximum atomic E-state index is 12.6. The second-order valence-electron chi connectivity index (χ2n) is 15.9. The van der Waals surface area contributed by atoms with Crippen molar-refractivity contribution >= 4 is 19.8 Å². The van der Waals surface area contributed by atoms with Crippen LogP contribution in [-0.2, 0) is 32.7 Å². The molecule has 0 amide bonds. The van der Waals surface area contributed by atoms with Crippen molar-refractivity contribution in [2.75, 3.05) is 26.4 Å². The van der Waals surface area contributed by atoms with E-state index in [-0.39, 0.29) is 32.6 Å². The number of ether oxygens (including phenoxy) is 2. The number of hydrogen-bond acceptors (Lipinski definition) is 8. The van der Waals surface area contributed by atoms with Crippen molar-refractivity contribution in [3.8, 4) is 0 Å². The maximum absolute atomic E-state index is 12.6. The molecule has 0 saturated heterocycles. The van der Waals surface area contributed by atoms with Crippen LogP contribution in [0.4, 0.5) is 0 Å². The van der Waals surface area contributed by atoms with Gasteiger partial charge in [0.25, 0.3) is 0 Å². The Hall–Kier alpha value is -3.07. The van der Waals surface area contributed by atoms with Crippen molar-refractivity contribution in [3.05, 3.63) is 97.2 Å². The highest BCUT2D eigenvalue weighted by Crippen LogP contribution is 2.43. The third-order valence-electron chi connectivity index (χ3n) is 9.95. The van der Waals surface area contributed by atoms with Crippen molar-refractivity contribution in [2.45, 2.75) is 200 Å². The molecule has 10 heteroatoms. The summed E-state index contributed by atoms with van der Waals surface area (Å²) in [6, 6.07) is 0. The van der Waals surface area contributed by atoms with E-state index in [1.807, 2.05) is 6.08 Å². The average Bonchev–Trinajstić information content (AvgIpc) is 3.27. The van der Waals surface area contributed by atoms with Gasteiger partial charge in [-0.05, 0) is 89.9 Å². The molecule has 0 aliphatic rings. The molecule has 2 unspecified atom stereocenters. The van der Waals surface area contributed by atoms with Crippen LogP contribution in [0.15, 0.2) is 97.2 Å². The minimum absolute atomic E-state index is 0.0387. The number of nitrogens with two attached hydrogens (primary N) is 1. The number of phosphoric acid groups is 1. The van der Waals surface area contributed by atoms with Gasteiger partial charge in [-0.1, -0.05) is 188 Å². The van der Waals surface area contributed by atoms with Crippen LogP contribution in [-0.4, -0.2) is 49.3 Å². The third kappa shape index (κ3) is 48.2. The fourth-order valence-electron chi connectivity index (χ4n) is 6.32. The SMILES string of the molecule is CC/C=C\C/C=C\C/C=C\C/C=C\C/C=C\CCCC(=O)OC(COC(=O)CCCCCCCCCCCC/C=C\C/C=C\C/C=C\CCCCCCC)COP(=O)(O)OCCN. The molecule has 0 aromatic carbocycles. The minimum Gasteiger partial charge on any atom is -0.462 e. The number of carbonyl (C=O) groups is 2. The van der Waals surface area contributed by atoms with Gasteiger partial charge >= 0.3 is 19.8 Å². The number of esters is 2. The van der Waals surface area contributed by atoms with Crippen molar-refractivity contribution in [1.29, 1.82) is 0 Å². The number of rotatable bonds is 45. The van der Waals surface area contributed by atoms with Crippen LogP contribution in [0.5, 0.6) is 0 Å². The summed E-state index contributed by atoms with van der Waals surface area (Å²) in [5.41, 5.74) is 5.36. The molecular formula is C53H90NO8P. The lowest BCUT2D eigenvalue weighted by molar-refractivity contribution is -0.161. The normalized spacial score (nSPS) is 14.0. The van der Waals surface area contributed by atoms with Crippen molar-refractivity contribution in [2.24, 2.45) is 5.73 Å². The Kier molecular flexibility index (Phi) is 46.0. The summed E-state index contributed by atoms with van der Waals surface area (Å²) in [4.78, 5) is 35.0. The van der Waals surface area contributed by atoms with Crippen LogP contribution < -0.4 is 5.73 Å². The van der Waals surface area contributed by atoms with Crippen molar-refractivity contribution in [1.82, 2.24) is 0 Å². The Morgan fingerprint density at radius 3 is 1.35 bits per heavy atom. The molecule has 360 valence electrons. The zero-order valence-corrected chi connectivity index (χ0v) is 40.7. The molecule has 0 rings (SSSR count). The molecule has 63 heavy (non-hydrogen) atoms. The average molecular weight is 900 g/mol. The van der Waals surface area contributed by atoms with E-state index in [1.165, 1.54) is 77.0 Å². The van der Waals surface area contributed by atoms with E-state index < -0.39 is 32.5 Å². The summed E-state index contributed by atoms with van der Waals surface area (Å²) < 4.78 is 32.8. The molecule has 0 aliphatic carbocycles. The summed E-state index contributed by atoms with van der Waals surface area (Å²) in [5, 5.41) is 0. The number of hydrogen-bond donors (Lipinski definition) is 2. The monoisotopic (exact) mass is 900 g/mol. The Balaban J connectivity index is 4.14. The fraction of sp³-hybridized carbons (Fsp3) is 0.660. The van der Waals surface area contributed by atoms with Gasteiger partial charge in [0.15, 0.2) is 6.10 Å². The lowest BCUT2D eigenvalue weighted by Crippen LogP contribution is -2.29. The topological polar surface area (TPSA) is 134 Å². The highest BCUT2D eigenvalue weighted by Gasteiger charge is 2.26. The van der Waals surface area contributed by atoms with Gasteiger partial charge in [-0.3, -0.25) is 18.6 Å². The van der Waals surface area contributed by atoms with Crippen LogP contribution in [0.3, 0.4) is 0 Å². The molecule has 0 aromatic rings. The molecule has 2 atom stereocenters. The lowest BCUT2D eigenvalue weighted by Gasteiger charge is -2.19. The first kappa shape index (κ1) is 59.9. The van der Waals surface area contributed by atoms with Gasteiger partial charge in [-0.2, -0.15) is 0 Å². The van der Waals surface area contributed by atoms with Crippen molar-refractivity contribution in [3.63, 3.8) is 0 Å². The Labute approximate surface area is 385 Å². The van der Waals surface area contributed by atoms with Crippen LogP contribution in [0.2, 0.25) is 0 Å². The fourth-order valence-corrected chi connectivity index (χ4v) is 7.09. The number of carbonyl (C=O) groups excluding carboxylic acids is 2. The van der Waals surface area contributed by atoms with Crippen molar-refractivity contribution < 1.29 is 37.6 Å². The van der Waals surface area contributed by atoms with E-state index in [4.69, 9.17) is 24.3 Å². The highest BCUT2D eigenvalue weighted by molar-refractivity contribution is 7.47. The molecule has 3 N–H and O–H groups in total. The van der Waals surface area contributed by atoms with E-state index in [0.717, 1.165) is 70.6 Å². The van der Waals surface area contributed by atoms with Gasteiger partial charge < -0.3 is 20.1 Å². The second-order valence-corrected chi connectivity index (χ2v) is 17.4. The van der Waals surface area contributed by atoms with Gasteiger partial charge in [0.2, 0.25) is 0 Å².